The molecule has 0 aromatic carbocycles. The van der Waals surface area contributed by atoms with Crippen LogP contribution in [-0.4, -0.2) is 29.0 Å². The van der Waals surface area contributed by atoms with Crippen LogP contribution < -0.4 is 61.4 Å². The van der Waals surface area contributed by atoms with Crippen LogP contribution in [-0.2, 0) is 4.79 Å². The standard InChI is InChI=1S/C8H9N3O2.K/c12-8(13)6-3-11(4-6)7-1-2-9-5-10-7;/h1-2,5-6H,3-4H2,(H,12,13);/q;+1/p-1. The Bertz CT molecular complexity index is 314. The van der Waals surface area contributed by atoms with Crippen molar-refractivity contribution in [2.45, 2.75) is 0 Å². The molecule has 1 aliphatic rings. The number of carboxylic acid groups (broad SMARTS) is 1. The summed E-state index contributed by atoms with van der Waals surface area (Å²) in [5.74, 6) is -0.562. The van der Waals surface area contributed by atoms with Crippen LogP contribution in [0.1, 0.15) is 0 Å². The molecule has 1 aliphatic heterocycles. The summed E-state index contributed by atoms with van der Waals surface area (Å²) in [5.41, 5.74) is 0. The Balaban J connectivity index is 0.000000980. The summed E-state index contributed by atoms with van der Waals surface area (Å²) in [6, 6.07) is 1.76. The van der Waals surface area contributed by atoms with Gasteiger partial charge in [-0.3, -0.25) is 0 Å². The largest absolute Gasteiger partial charge is 1.00 e. The van der Waals surface area contributed by atoms with Gasteiger partial charge >= 0.3 is 51.4 Å². The van der Waals surface area contributed by atoms with Gasteiger partial charge in [0.2, 0.25) is 0 Å². The molecule has 0 aliphatic carbocycles. The first kappa shape index (κ1) is 12.1. The van der Waals surface area contributed by atoms with Crippen molar-refractivity contribution < 1.29 is 61.3 Å². The van der Waals surface area contributed by atoms with Crippen LogP contribution in [0, 0.1) is 5.92 Å². The van der Waals surface area contributed by atoms with E-state index < -0.39 is 5.97 Å². The quantitative estimate of drug-likeness (QED) is 0.469. The van der Waals surface area contributed by atoms with E-state index in [-0.39, 0.29) is 57.3 Å². The van der Waals surface area contributed by atoms with Crippen LogP contribution in [0.15, 0.2) is 18.6 Å². The van der Waals surface area contributed by atoms with Crippen molar-refractivity contribution in [3.05, 3.63) is 18.6 Å². The Morgan fingerprint density at radius 3 is 2.79 bits per heavy atom. The van der Waals surface area contributed by atoms with Crippen molar-refractivity contribution in [1.29, 1.82) is 0 Å². The molecule has 0 spiro atoms. The molecule has 1 aromatic rings. The van der Waals surface area contributed by atoms with Gasteiger partial charge in [-0.2, -0.15) is 0 Å². The number of nitrogens with zero attached hydrogens (tertiary/aromatic N) is 3. The van der Waals surface area contributed by atoms with Gasteiger partial charge in [-0.05, 0) is 6.07 Å². The van der Waals surface area contributed by atoms with Gasteiger partial charge in [0, 0.05) is 31.2 Å². The van der Waals surface area contributed by atoms with Crippen molar-refractivity contribution in [3.8, 4) is 0 Å². The molecule has 0 N–H and O–H groups in total. The van der Waals surface area contributed by atoms with Gasteiger partial charge in [-0.15, -0.1) is 0 Å². The molecule has 0 saturated carbocycles. The minimum Gasteiger partial charge on any atom is -0.550 e. The molecule has 68 valence electrons. The summed E-state index contributed by atoms with van der Waals surface area (Å²) in [5, 5.41) is 10.4. The third-order valence-electron chi connectivity index (χ3n) is 2.11. The van der Waals surface area contributed by atoms with Crippen LogP contribution in [0.25, 0.3) is 0 Å². The van der Waals surface area contributed by atoms with Crippen molar-refractivity contribution in [2.24, 2.45) is 5.92 Å². The number of aliphatic carboxylic acids is 1. The number of carboxylic acids is 1. The molecule has 1 saturated heterocycles. The van der Waals surface area contributed by atoms with Gasteiger partial charge in [0.15, 0.2) is 0 Å². The maximum absolute atomic E-state index is 10.4. The Kier molecular flexibility index (Phi) is 4.46. The number of hydrogen-bond donors (Lipinski definition) is 0. The predicted octanol–water partition coefficient (Wildman–Crippen LogP) is -4.33. The summed E-state index contributed by atoms with van der Waals surface area (Å²) in [6.45, 7) is 0.971. The van der Waals surface area contributed by atoms with Crippen LogP contribution in [0.5, 0.6) is 0 Å². The molecule has 0 atom stereocenters. The molecule has 1 fully saturated rings. The molecule has 1 aromatic heterocycles. The third kappa shape index (κ3) is 2.51. The second-order valence-electron chi connectivity index (χ2n) is 2.99. The normalized spacial score (nSPS) is 15.6. The maximum Gasteiger partial charge on any atom is 1.00 e. The van der Waals surface area contributed by atoms with E-state index >= 15 is 0 Å². The number of carbonyl (C=O) groups excluding carboxylic acids is 1. The molecular weight excluding hydrogens is 209 g/mol. The van der Waals surface area contributed by atoms with E-state index in [9.17, 15) is 9.90 Å². The molecule has 5 nitrogen and oxygen atoms in total. The Hall–Kier alpha value is -0.0136. The van der Waals surface area contributed by atoms with Gasteiger partial charge < -0.3 is 14.8 Å². The zero-order valence-corrected chi connectivity index (χ0v) is 11.0. The van der Waals surface area contributed by atoms with E-state index in [1.165, 1.54) is 6.33 Å². The van der Waals surface area contributed by atoms with Crippen molar-refractivity contribution in [2.75, 3.05) is 18.0 Å². The van der Waals surface area contributed by atoms with Crippen LogP contribution >= 0.6 is 0 Å². The number of carbonyl (C=O) groups is 1. The second kappa shape index (κ2) is 5.18. The summed E-state index contributed by atoms with van der Waals surface area (Å²) >= 11 is 0. The van der Waals surface area contributed by atoms with Gasteiger partial charge in [0.1, 0.15) is 12.1 Å². The topological polar surface area (TPSA) is 69.2 Å². The fraction of sp³-hybridized carbons (Fsp3) is 0.375. The van der Waals surface area contributed by atoms with Gasteiger partial charge in [0.05, 0.1) is 0 Å². The summed E-state index contributed by atoms with van der Waals surface area (Å²) in [7, 11) is 0. The van der Waals surface area contributed by atoms with Crippen LogP contribution in [0.4, 0.5) is 5.82 Å². The molecule has 0 bridgehead atoms. The Morgan fingerprint density at radius 2 is 2.29 bits per heavy atom. The average Bonchev–Trinajstić information content (AvgIpc) is 2.02. The van der Waals surface area contributed by atoms with Crippen LogP contribution in [0.3, 0.4) is 0 Å². The molecule has 2 rings (SSSR count). The predicted molar refractivity (Wildman–Crippen MR) is 42.7 cm³/mol. The average molecular weight is 217 g/mol. The summed E-state index contributed by atoms with van der Waals surface area (Å²) in [4.78, 5) is 20.0. The Morgan fingerprint density at radius 1 is 1.57 bits per heavy atom. The number of anilines is 1. The monoisotopic (exact) mass is 217 g/mol. The molecule has 0 unspecified atom stereocenters. The minimum absolute atomic E-state index is 0. The van der Waals surface area contributed by atoms with E-state index in [4.69, 9.17) is 0 Å². The molecule has 0 amide bonds. The fourth-order valence-electron chi connectivity index (χ4n) is 1.29. The molecule has 2 heterocycles. The molecule has 0 radical (unpaired) electrons. The first-order chi connectivity index (χ1) is 6.27. The van der Waals surface area contributed by atoms with Crippen molar-refractivity contribution in [1.82, 2.24) is 9.97 Å². The summed E-state index contributed by atoms with van der Waals surface area (Å²) in [6.07, 6.45) is 3.08. The second-order valence-corrected chi connectivity index (χ2v) is 2.99. The maximum atomic E-state index is 10.4. The van der Waals surface area contributed by atoms with E-state index in [0.29, 0.717) is 13.1 Å². The minimum atomic E-state index is -0.981. The zero-order chi connectivity index (χ0) is 9.26. The number of aromatic nitrogens is 2. The first-order valence-electron chi connectivity index (χ1n) is 3.99. The van der Waals surface area contributed by atoms with E-state index in [2.05, 4.69) is 9.97 Å². The SMILES string of the molecule is O=C([O-])C1CN(c2ccncn2)C1.[K+]. The molecule has 6 heteroatoms. The molecular formula is C8H8KN3O2. The smallest absolute Gasteiger partial charge is 0.550 e. The van der Waals surface area contributed by atoms with Crippen LogP contribution in [0.2, 0.25) is 0 Å². The van der Waals surface area contributed by atoms with E-state index in [1.807, 2.05) is 4.90 Å². The third-order valence-corrected chi connectivity index (χ3v) is 2.11. The fourth-order valence-corrected chi connectivity index (χ4v) is 1.29. The first-order valence-corrected chi connectivity index (χ1v) is 3.99. The number of rotatable bonds is 2. The van der Waals surface area contributed by atoms with Gasteiger partial charge in [-0.25, -0.2) is 9.97 Å². The van der Waals surface area contributed by atoms with E-state index in [1.54, 1.807) is 12.3 Å². The van der Waals surface area contributed by atoms with Gasteiger partial charge in [-0.1, -0.05) is 0 Å². The van der Waals surface area contributed by atoms with Gasteiger partial charge in [0.25, 0.3) is 0 Å². The van der Waals surface area contributed by atoms with Crippen molar-refractivity contribution >= 4 is 11.8 Å². The summed E-state index contributed by atoms with van der Waals surface area (Å²) < 4.78 is 0. The van der Waals surface area contributed by atoms with Crippen molar-refractivity contribution in [3.63, 3.8) is 0 Å². The Labute approximate surface area is 124 Å². The molecule has 14 heavy (non-hydrogen) atoms. The zero-order valence-electron chi connectivity index (χ0n) is 7.88. The number of hydrogen-bond acceptors (Lipinski definition) is 5. The van der Waals surface area contributed by atoms with E-state index in [0.717, 1.165) is 5.82 Å².